The first kappa shape index (κ1) is 20.5. The van der Waals surface area contributed by atoms with Crippen molar-refractivity contribution in [2.75, 3.05) is 43.1 Å². The molecule has 2 heterocycles. The highest BCUT2D eigenvalue weighted by molar-refractivity contribution is 5.64. The second-order valence-electron chi connectivity index (χ2n) is 6.26. The van der Waals surface area contributed by atoms with Crippen LogP contribution in [0.15, 0.2) is 42.7 Å². The Bertz CT molecular complexity index is 810. The number of aryl methyl sites for hydroxylation is 1. The molecule has 0 atom stereocenters. The number of carbonyl (C=O) groups excluding carboxylic acids is 1. The van der Waals surface area contributed by atoms with Crippen LogP contribution in [0.1, 0.15) is 19.2 Å². The third-order valence-electron chi connectivity index (χ3n) is 4.02. The first-order valence-corrected chi connectivity index (χ1v) is 9.64. The fourth-order valence-corrected chi connectivity index (χ4v) is 2.64. The molecule has 0 aliphatic carbocycles. The maximum absolute atomic E-state index is 11.6. The van der Waals surface area contributed by atoms with Crippen LogP contribution in [0, 0.1) is 0 Å². The minimum Gasteiger partial charge on any atom is -0.403 e. The highest BCUT2D eigenvalue weighted by atomic mass is 16.7. The fraction of sp³-hybridized carbons (Fsp3) is 0.400. The summed E-state index contributed by atoms with van der Waals surface area (Å²) in [5, 5.41) is 3.11. The van der Waals surface area contributed by atoms with E-state index in [1.807, 2.05) is 6.07 Å². The number of aromatic nitrogens is 3. The van der Waals surface area contributed by atoms with Gasteiger partial charge in [-0.3, -0.25) is 0 Å². The largest absolute Gasteiger partial charge is 0.518 e. The fourth-order valence-electron chi connectivity index (χ4n) is 2.64. The number of morpholine rings is 1. The molecular formula is C20H25N5O4. The van der Waals surface area contributed by atoms with Gasteiger partial charge in [0.05, 0.1) is 19.5 Å². The third kappa shape index (κ3) is 6.72. The van der Waals surface area contributed by atoms with Gasteiger partial charge >= 0.3 is 6.16 Å². The molecule has 3 rings (SSSR count). The predicted molar refractivity (Wildman–Crippen MR) is 108 cm³/mol. The van der Waals surface area contributed by atoms with Crippen LogP contribution in [-0.2, 0) is 15.9 Å². The molecular weight excluding hydrogens is 374 g/mol. The van der Waals surface area contributed by atoms with Crippen LogP contribution >= 0.6 is 0 Å². The SMILES string of the molecule is CCCc1nc(NCC=COC(=O)Oc2ccccc2)nc(N2CCOCC2)n1. The van der Waals surface area contributed by atoms with E-state index in [-0.39, 0.29) is 0 Å². The molecule has 0 amide bonds. The lowest BCUT2D eigenvalue weighted by Gasteiger charge is -2.27. The van der Waals surface area contributed by atoms with Gasteiger partial charge < -0.3 is 24.4 Å². The summed E-state index contributed by atoms with van der Waals surface area (Å²) >= 11 is 0. The quantitative estimate of drug-likeness (QED) is 0.408. The Morgan fingerprint density at radius 2 is 2.00 bits per heavy atom. The highest BCUT2D eigenvalue weighted by Crippen LogP contribution is 2.14. The Balaban J connectivity index is 1.51. The lowest BCUT2D eigenvalue weighted by Crippen LogP contribution is -2.37. The summed E-state index contributed by atoms with van der Waals surface area (Å²) in [4.78, 5) is 27.2. The minimum absolute atomic E-state index is 0.386. The molecule has 1 aliphatic heterocycles. The van der Waals surface area contributed by atoms with Crippen molar-refractivity contribution in [3.05, 3.63) is 48.5 Å². The zero-order chi connectivity index (χ0) is 20.3. The first-order chi connectivity index (χ1) is 14.2. The highest BCUT2D eigenvalue weighted by Gasteiger charge is 2.16. The number of ether oxygens (including phenoxy) is 3. The summed E-state index contributed by atoms with van der Waals surface area (Å²) in [6.07, 6.45) is 3.84. The molecule has 1 saturated heterocycles. The van der Waals surface area contributed by atoms with Gasteiger partial charge in [0.2, 0.25) is 11.9 Å². The number of nitrogens with zero attached hydrogens (tertiary/aromatic N) is 4. The average Bonchev–Trinajstić information content (AvgIpc) is 2.75. The lowest BCUT2D eigenvalue weighted by molar-refractivity contribution is 0.122. The van der Waals surface area contributed by atoms with Gasteiger partial charge in [0, 0.05) is 26.1 Å². The van der Waals surface area contributed by atoms with E-state index in [4.69, 9.17) is 14.2 Å². The second-order valence-corrected chi connectivity index (χ2v) is 6.26. The summed E-state index contributed by atoms with van der Waals surface area (Å²) in [5.74, 6) is 2.31. The smallest absolute Gasteiger partial charge is 0.403 e. The molecule has 9 nitrogen and oxygen atoms in total. The standard InChI is InChI=1S/C20H25N5O4/c1-2-7-17-22-18(24-19(23-17)25-11-14-27-15-12-25)21-10-6-13-28-20(26)29-16-8-4-3-5-9-16/h3-6,8-9,13H,2,7,10-12,14-15H2,1H3,(H,21,22,23,24). The second kappa shape index (κ2) is 11.0. The molecule has 0 bridgehead atoms. The van der Waals surface area contributed by atoms with E-state index in [1.165, 1.54) is 6.26 Å². The summed E-state index contributed by atoms with van der Waals surface area (Å²) in [7, 11) is 0. The van der Waals surface area contributed by atoms with Gasteiger partial charge in [-0.1, -0.05) is 25.1 Å². The molecule has 1 aliphatic rings. The lowest BCUT2D eigenvalue weighted by atomic mass is 10.3. The van der Waals surface area contributed by atoms with E-state index in [0.29, 0.717) is 37.4 Å². The van der Waals surface area contributed by atoms with Crippen molar-refractivity contribution < 1.29 is 19.0 Å². The molecule has 0 unspecified atom stereocenters. The number of benzene rings is 1. The molecule has 0 spiro atoms. The van der Waals surface area contributed by atoms with Crippen LogP contribution in [0.4, 0.5) is 16.7 Å². The van der Waals surface area contributed by atoms with E-state index in [9.17, 15) is 4.79 Å². The van der Waals surface area contributed by atoms with Crippen LogP contribution in [0.3, 0.4) is 0 Å². The van der Waals surface area contributed by atoms with Crippen molar-refractivity contribution >= 4 is 18.1 Å². The number of carbonyl (C=O) groups is 1. The van der Waals surface area contributed by atoms with Crippen LogP contribution in [0.25, 0.3) is 0 Å². The van der Waals surface area contributed by atoms with Crippen LogP contribution in [0.2, 0.25) is 0 Å². The van der Waals surface area contributed by atoms with Crippen molar-refractivity contribution in [3.8, 4) is 5.75 Å². The summed E-state index contributed by atoms with van der Waals surface area (Å²) < 4.78 is 15.3. The molecule has 1 N–H and O–H groups in total. The van der Waals surface area contributed by atoms with Crippen molar-refractivity contribution in [3.63, 3.8) is 0 Å². The number of nitrogens with one attached hydrogen (secondary N) is 1. The molecule has 0 saturated carbocycles. The summed E-state index contributed by atoms with van der Waals surface area (Å²) in [6.45, 7) is 5.31. The normalized spacial score (nSPS) is 14.0. The molecule has 9 heteroatoms. The van der Waals surface area contributed by atoms with Crippen molar-refractivity contribution in [1.82, 2.24) is 15.0 Å². The summed E-state index contributed by atoms with van der Waals surface area (Å²) in [6, 6.07) is 8.73. The number of para-hydroxylation sites is 1. The van der Waals surface area contributed by atoms with E-state index in [1.54, 1.807) is 30.3 Å². The van der Waals surface area contributed by atoms with Crippen molar-refractivity contribution in [1.29, 1.82) is 0 Å². The zero-order valence-electron chi connectivity index (χ0n) is 16.4. The minimum atomic E-state index is -0.799. The predicted octanol–water partition coefficient (Wildman–Crippen LogP) is 2.80. The third-order valence-corrected chi connectivity index (χ3v) is 4.02. The van der Waals surface area contributed by atoms with Gasteiger partial charge in [-0.25, -0.2) is 4.79 Å². The van der Waals surface area contributed by atoms with Gasteiger partial charge in [-0.2, -0.15) is 15.0 Å². The number of hydrogen-bond donors (Lipinski definition) is 1. The van der Waals surface area contributed by atoms with E-state index < -0.39 is 6.16 Å². The maximum atomic E-state index is 11.6. The summed E-state index contributed by atoms with van der Waals surface area (Å²) in [5.41, 5.74) is 0. The number of rotatable bonds is 8. The van der Waals surface area contributed by atoms with E-state index in [0.717, 1.165) is 31.8 Å². The molecule has 1 fully saturated rings. The Morgan fingerprint density at radius 3 is 2.76 bits per heavy atom. The maximum Gasteiger partial charge on any atom is 0.518 e. The average molecular weight is 399 g/mol. The topological polar surface area (TPSA) is 98.7 Å². The Morgan fingerprint density at radius 1 is 1.21 bits per heavy atom. The molecule has 154 valence electrons. The van der Waals surface area contributed by atoms with Gasteiger partial charge in [0.1, 0.15) is 11.6 Å². The van der Waals surface area contributed by atoms with Gasteiger partial charge in [-0.05, 0) is 24.6 Å². The first-order valence-electron chi connectivity index (χ1n) is 9.64. The Kier molecular flexibility index (Phi) is 7.76. The Hall–Kier alpha value is -3.20. The van der Waals surface area contributed by atoms with Crippen LogP contribution in [-0.4, -0.2) is 54.0 Å². The van der Waals surface area contributed by atoms with Crippen LogP contribution in [0.5, 0.6) is 5.75 Å². The van der Waals surface area contributed by atoms with E-state index in [2.05, 4.69) is 32.1 Å². The van der Waals surface area contributed by atoms with Gasteiger partial charge in [-0.15, -0.1) is 0 Å². The zero-order valence-corrected chi connectivity index (χ0v) is 16.4. The molecule has 0 radical (unpaired) electrons. The van der Waals surface area contributed by atoms with Gasteiger partial charge in [0.15, 0.2) is 0 Å². The molecule has 1 aromatic heterocycles. The van der Waals surface area contributed by atoms with Crippen LogP contribution < -0.4 is 15.0 Å². The Labute approximate surface area is 169 Å². The van der Waals surface area contributed by atoms with Crippen molar-refractivity contribution in [2.45, 2.75) is 19.8 Å². The van der Waals surface area contributed by atoms with Crippen molar-refractivity contribution in [2.24, 2.45) is 0 Å². The monoisotopic (exact) mass is 399 g/mol. The number of anilines is 2. The van der Waals surface area contributed by atoms with Gasteiger partial charge in [0.25, 0.3) is 0 Å². The molecule has 29 heavy (non-hydrogen) atoms. The molecule has 1 aromatic carbocycles. The number of hydrogen-bond acceptors (Lipinski definition) is 9. The molecule has 2 aromatic rings. The van der Waals surface area contributed by atoms with E-state index >= 15 is 0 Å².